The van der Waals surface area contributed by atoms with E-state index >= 15 is 0 Å². The quantitative estimate of drug-likeness (QED) is 0.490. The van der Waals surface area contributed by atoms with Crippen LogP contribution in [-0.4, -0.2) is 17.3 Å². The second-order valence-electron chi connectivity index (χ2n) is 4.12. The summed E-state index contributed by atoms with van der Waals surface area (Å²) in [5, 5.41) is 9.42. The summed E-state index contributed by atoms with van der Waals surface area (Å²) in [7, 11) is 0. The lowest BCUT2D eigenvalue weighted by Gasteiger charge is -2.06. The smallest absolute Gasteiger partial charge is 0.336 e. The number of halogens is 1. The predicted octanol–water partition coefficient (Wildman–Crippen LogP) is 4.80. The van der Waals surface area contributed by atoms with E-state index < -0.39 is 5.97 Å². The van der Waals surface area contributed by atoms with Crippen molar-refractivity contribution in [3.05, 3.63) is 64.1 Å². The van der Waals surface area contributed by atoms with E-state index in [1.807, 2.05) is 48.7 Å². The van der Waals surface area contributed by atoms with Gasteiger partial charge in [-0.1, -0.05) is 46.3 Å². The Kier molecular flexibility index (Phi) is 5.04. The number of carboxylic acid groups (broad SMARTS) is 1. The van der Waals surface area contributed by atoms with Crippen molar-refractivity contribution in [3.63, 3.8) is 0 Å². The first-order valence-corrected chi connectivity index (χ1v) is 7.97. The van der Waals surface area contributed by atoms with Crippen LogP contribution in [0.3, 0.4) is 0 Å². The fourth-order valence-electron chi connectivity index (χ4n) is 1.80. The standard InChI is InChI=1S/C16H13BrO2S/c1-20-12-8-6-11(7-9-12)10-14(16(18)19)13-4-2-3-5-15(13)17/h2-10H,1H3,(H,18,19). The molecular formula is C16H13BrO2S. The summed E-state index contributed by atoms with van der Waals surface area (Å²) in [5.74, 6) is -0.939. The molecule has 2 aromatic carbocycles. The molecule has 0 radical (unpaired) electrons. The Morgan fingerprint density at radius 1 is 1.15 bits per heavy atom. The van der Waals surface area contributed by atoms with Crippen LogP contribution >= 0.6 is 27.7 Å². The minimum atomic E-state index is -0.939. The zero-order chi connectivity index (χ0) is 14.5. The molecule has 102 valence electrons. The molecule has 2 rings (SSSR count). The van der Waals surface area contributed by atoms with Crippen LogP contribution in [0.2, 0.25) is 0 Å². The molecule has 0 bridgehead atoms. The van der Waals surface area contributed by atoms with Crippen molar-refractivity contribution >= 4 is 45.3 Å². The monoisotopic (exact) mass is 348 g/mol. The van der Waals surface area contributed by atoms with E-state index in [9.17, 15) is 9.90 Å². The Bertz CT molecular complexity index is 648. The van der Waals surface area contributed by atoms with Crippen LogP contribution in [0.1, 0.15) is 11.1 Å². The number of carboxylic acids is 1. The van der Waals surface area contributed by atoms with E-state index in [2.05, 4.69) is 15.9 Å². The minimum Gasteiger partial charge on any atom is -0.478 e. The number of benzene rings is 2. The zero-order valence-corrected chi connectivity index (χ0v) is 13.2. The first kappa shape index (κ1) is 14.9. The van der Waals surface area contributed by atoms with Gasteiger partial charge in [-0.3, -0.25) is 0 Å². The van der Waals surface area contributed by atoms with Crippen LogP contribution in [0, 0.1) is 0 Å². The van der Waals surface area contributed by atoms with Crippen molar-refractivity contribution < 1.29 is 9.90 Å². The Hall–Kier alpha value is -1.52. The van der Waals surface area contributed by atoms with E-state index in [1.54, 1.807) is 23.9 Å². The Morgan fingerprint density at radius 3 is 2.35 bits per heavy atom. The first-order valence-electron chi connectivity index (χ1n) is 5.96. The van der Waals surface area contributed by atoms with Gasteiger partial charge in [0.25, 0.3) is 0 Å². The number of aliphatic carboxylic acids is 1. The molecule has 0 heterocycles. The number of thioether (sulfide) groups is 1. The highest BCUT2D eigenvalue weighted by molar-refractivity contribution is 9.10. The van der Waals surface area contributed by atoms with Gasteiger partial charge in [0.2, 0.25) is 0 Å². The zero-order valence-electron chi connectivity index (χ0n) is 10.8. The second-order valence-corrected chi connectivity index (χ2v) is 5.85. The van der Waals surface area contributed by atoms with Crippen LogP contribution in [0.4, 0.5) is 0 Å². The molecule has 0 aliphatic carbocycles. The predicted molar refractivity (Wildman–Crippen MR) is 87.9 cm³/mol. The fourth-order valence-corrected chi connectivity index (χ4v) is 2.71. The first-order chi connectivity index (χ1) is 9.61. The van der Waals surface area contributed by atoms with Gasteiger partial charge in [0.15, 0.2) is 0 Å². The molecule has 0 aliphatic heterocycles. The van der Waals surface area contributed by atoms with Crippen molar-refractivity contribution in [2.45, 2.75) is 4.90 Å². The largest absolute Gasteiger partial charge is 0.478 e. The maximum atomic E-state index is 11.5. The third kappa shape index (κ3) is 3.52. The van der Waals surface area contributed by atoms with Crippen LogP contribution in [-0.2, 0) is 4.79 Å². The summed E-state index contributed by atoms with van der Waals surface area (Å²) >= 11 is 5.05. The second kappa shape index (κ2) is 6.77. The molecule has 0 aliphatic rings. The third-order valence-electron chi connectivity index (χ3n) is 2.82. The fraction of sp³-hybridized carbons (Fsp3) is 0.0625. The lowest BCUT2D eigenvalue weighted by Crippen LogP contribution is -2.00. The van der Waals surface area contributed by atoms with E-state index in [1.165, 1.54) is 0 Å². The summed E-state index contributed by atoms with van der Waals surface area (Å²) in [6, 6.07) is 15.1. The molecular weight excluding hydrogens is 336 g/mol. The number of hydrogen-bond acceptors (Lipinski definition) is 2. The number of hydrogen-bond donors (Lipinski definition) is 1. The summed E-state index contributed by atoms with van der Waals surface area (Å²) in [6.45, 7) is 0. The lowest BCUT2D eigenvalue weighted by atomic mass is 10.0. The SMILES string of the molecule is CSc1ccc(C=C(C(=O)O)c2ccccc2Br)cc1. The van der Waals surface area contributed by atoms with Crippen molar-refractivity contribution in [1.29, 1.82) is 0 Å². The maximum absolute atomic E-state index is 11.5. The molecule has 0 fully saturated rings. The molecule has 0 saturated heterocycles. The molecule has 0 saturated carbocycles. The maximum Gasteiger partial charge on any atom is 0.336 e. The van der Waals surface area contributed by atoms with Gasteiger partial charge in [0.1, 0.15) is 0 Å². The summed E-state index contributed by atoms with van der Waals surface area (Å²) in [5.41, 5.74) is 1.82. The van der Waals surface area contributed by atoms with Gasteiger partial charge in [-0.25, -0.2) is 4.79 Å². The van der Waals surface area contributed by atoms with Crippen molar-refractivity contribution in [1.82, 2.24) is 0 Å². The average molecular weight is 349 g/mol. The Morgan fingerprint density at radius 2 is 1.80 bits per heavy atom. The van der Waals surface area contributed by atoms with Gasteiger partial charge in [-0.05, 0) is 36.1 Å². The molecule has 20 heavy (non-hydrogen) atoms. The lowest BCUT2D eigenvalue weighted by molar-refractivity contribution is -0.130. The van der Waals surface area contributed by atoms with Crippen LogP contribution in [0.15, 0.2) is 57.9 Å². The van der Waals surface area contributed by atoms with Crippen molar-refractivity contribution in [3.8, 4) is 0 Å². The summed E-state index contributed by atoms with van der Waals surface area (Å²) in [6.07, 6.45) is 3.70. The van der Waals surface area contributed by atoms with Gasteiger partial charge >= 0.3 is 5.97 Å². The highest BCUT2D eigenvalue weighted by atomic mass is 79.9. The van der Waals surface area contributed by atoms with Gasteiger partial charge < -0.3 is 5.11 Å². The number of rotatable bonds is 4. The molecule has 0 unspecified atom stereocenters. The normalized spacial score (nSPS) is 11.4. The van der Waals surface area contributed by atoms with Crippen LogP contribution < -0.4 is 0 Å². The molecule has 0 aromatic heterocycles. The topological polar surface area (TPSA) is 37.3 Å². The molecule has 1 N–H and O–H groups in total. The molecule has 0 amide bonds. The third-order valence-corrected chi connectivity index (χ3v) is 4.26. The van der Waals surface area contributed by atoms with Crippen LogP contribution in [0.25, 0.3) is 11.6 Å². The van der Waals surface area contributed by atoms with E-state index in [4.69, 9.17) is 0 Å². The van der Waals surface area contributed by atoms with E-state index in [-0.39, 0.29) is 5.57 Å². The van der Waals surface area contributed by atoms with Crippen molar-refractivity contribution in [2.75, 3.05) is 6.26 Å². The van der Waals surface area contributed by atoms with Gasteiger partial charge in [-0.2, -0.15) is 0 Å². The van der Waals surface area contributed by atoms with Crippen LogP contribution in [0.5, 0.6) is 0 Å². The molecule has 4 heteroatoms. The summed E-state index contributed by atoms with van der Waals surface area (Å²) in [4.78, 5) is 12.6. The number of carbonyl (C=O) groups is 1. The van der Waals surface area contributed by atoms with Gasteiger partial charge in [0, 0.05) is 14.9 Å². The molecule has 0 spiro atoms. The molecule has 2 nitrogen and oxygen atoms in total. The highest BCUT2D eigenvalue weighted by Crippen LogP contribution is 2.26. The Balaban J connectivity index is 2.45. The minimum absolute atomic E-state index is 0.273. The van der Waals surface area contributed by atoms with Crippen molar-refractivity contribution in [2.24, 2.45) is 0 Å². The average Bonchev–Trinajstić information content (AvgIpc) is 2.46. The van der Waals surface area contributed by atoms with E-state index in [0.717, 1.165) is 14.9 Å². The Labute approximate surface area is 130 Å². The highest BCUT2D eigenvalue weighted by Gasteiger charge is 2.13. The van der Waals surface area contributed by atoms with E-state index in [0.29, 0.717) is 5.56 Å². The van der Waals surface area contributed by atoms with Gasteiger partial charge in [-0.15, -0.1) is 11.8 Å². The summed E-state index contributed by atoms with van der Waals surface area (Å²) < 4.78 is 0.773. The van der Waals surface area contributed by atoms with Gasteiger partial charge in [0.05, 0.1) is 5.57 Å². The molecule has 0 atom stereocenters. The molecule has 2 aromatic rings.